The average Bonchev–Trinajstić information content (AvgIpc) is 3.08. The van der Waals surface area contributed by atoms with E-state index in [9.17, 15) is 5.11 Å². The standard InChI is InChI=1S/C15H17NO3/c1-11-4-6-12(7-5-11)16-9-13(10-17)19-15(16)14-3-2-8-18-14/h2-8,13,15,17H,9-10H2,1H3. The van der Waals surface area contributed by atoms with Gasteiger partial charge in [-0.05, 0) is 31.2 Å². The summed E-state index contributed by atoms with van der Waals surface area (Å²) < 4.78 is 11.3. The number of furan rings is 1. The molecule has 0 radical (unpaired) electrons. The van der Waals surface area contributed by atoms with Gasteiger partial charge in [0.15, 0.2) is 12.0 Å². The van der Waals surface area contributed by atoms with Crippen molar-refractivity contribution >= 4 is 5.69 Å². The van der Waals surface area contributed by atoms with Gasteiger partial charge in [0.1, 0.15) is 6.10 Å². The van der Waals surface area contributed by atoms with Crippen molar-refractivity contribution in [2.24, 2.45) is 0 Å². The summed E-state index contributed by atoms with van der Waals surface area (Å²) >= 11 is 0. The van der Waals surface area contributed by atoms with Gasteiger partial charge in [-0.2, -0.15) is 0 Å². The van der Waals surface area contributed by atoms with Crippen molar-refractivity contribution in [1.82, 2.24) is 0 Å². The number of hydrogen-bond donors (Lipinski definition) is 1. The van der Waals surface area contributed by atoms with Crippen molar-refractivity contribution in [2.75, 3.05) is 18.1 Å². The molecule has 2 aromatic rings. The first-order valence-electron chi connectivity index (χ1n) is 6.41. The van der Waals surface area contributed by atoms with Crippen LogP contribution < -0.4 is 4.90 Å². The summed E-state index contributed by atoms with van der Waals surface area (Å²) in [6.07, 6.45) is 1.18. The molecular weight excluding hydrogens is 242 g/mol. The Morgan fingerprint density at radius 3 is 2.68 bits per heavy atom. The van der Waals surface area contributed by atoms with Gasteiger partial charge >= 0.3 is 0 Å². The number of ether oxygens (including phenoxy) is 1. The first-order chi connectivity index (χ1) is 9.28. The molecule has 1 aliphatic rings. The summed E-state index contributed by atoms with van der Waals surface area (Å²) in [6.45, 7) is 2.73. The fourth-order valence-electron chi connectivity index (χ4n) is 2.34. The van der Waals surface area contributed by atoms with Gasteiger partial charge in [0.05, 0.1) is 12.9 Å². The van der Waals surface area contributed by atoms with Crippen LogP contribution in [0, 0.1) is 6.92 Å². The number of nitrogens with zero attached hydrogens (tertiary/aromatic N) is 1. The Balaban J connectivity index is 1.90. The Bertz CT molecular complexity index is 521. The highest BCUT2D eigenvalue weighted by Gasteiger charge is 2.35. The van der Waals surface area contributed by atoms with E-state index in [1.54, 1.807) is 6.26 Å². The first-order valence-corrected chi connectivity index (χ1v) is 6.41. The SMILES string of the molecule is Cc1ccc(N2CC(CO)OC2c2ccco2)cc1. The van der Waals surface area contributed by atoms with E-state index in [0.717, 1.165) is 11.4 Å². The molecule has 1 aliphatic heterocycles. The van der Waals surface area contributed by atoms with Crippen molar-refractivity contribution < 1.29 is 14.3 Å². The molecule has 2 unspecified atom stereocenters. The maximum absolute atomic E-state index is 9.31. The highest BCUT2D eigenvalue weighted by molar-refractivity contribution is 5.49. The van der Waals surface area contributed by atoms with Crippen LogP contribution in [0.3, 0.4) is 0 Å². The van der Waals surface area contributed by atoms with Gasteiger partial charge in [-0.3, -0.25) is 0 Å². The molecule has 2 atom stereocenters. The molecule has 0 bridgehead atoms. The molecule has 1 saturated heterocycles. The van der Waals surface area contributed by atoms with Crippen molar-refractivity contribution in [1.29, 1.82) is 0 Å². The van der Waals surface area contributed by atoms with Crippen molar-refractivity contribution in [2.45, 2.75) is 19.3 Å². The third-order valence-corrected chi connectivity index (χ3v) is 3.36. The lowest BCUT2D eigenvalue weighted by molar-refractivity contribution is 0.00561. The number of anilines is 1. The Kier molecular flexibility index (Phi) is 3.27. The number of rotatable bonds is 3. The molecule has 0 spiro atoms. The summed E-state index contributed by atoms with van der Waals surface area (Å²) in [5.74, 6) is 0.761. The van der Waals surface area contributed by atoms with Crippen molar-refractivity contribution in [3.05, 3.63) is 54.0 Å². The predicted octanol–water partition coefficient (Wildman–Crippen LogP) is 2.48. The van der Waals surface area contributed by atoms with E-state index in [4.69, 9.17) is 9.15 Å². The Morgan fingerprint density at radius 1 is 1.26 bits per heavy atom. The van der Waals surface area contributed by atoms with Crippen LogP contribution in [0.15, 0.2) is 47.1 Å². The largest absolute Gasteiger partial charge is 0.465 e. The third kappa shape index (κ3) is 2.37. The topological polar surface area (TPSA) is 45.8 Å². The van der Waals surface area contributed by atoms with E-state index in [0.29, 0.717) is 6.54 Å². The highest BCUT2D eigenvalue weighted by atomic mass is 16.5. The number of hydrogen-bond acceptors (Lipinski definition) is 4. The van der Waals surface area contributed by atoms with Gasteiger partial charge < -0.3 is 19.2 Å². The lowest BCUT2D eigenvalue weighted by Gasteiger charge is -2.23. The molecule has 1 aromatic carbocycles. The molecule has 1 aromatic heterocycles. The van der Waals surface area contributed by atoms with E-state index in [2.05, 4.69) is 36.1 Å². The van der Waals surface area contributed by atoms with E-state index < -0.39 is 0 Å². The predicted molar refractivity (Wildman–Crippen MR) is 71.9 cm³/mol. The second kappa shape index (κ2) is 5.07. The van der Waals surface area contributed by atoms with Gasteiger partial charge in [-0.1, -0.05) is 17.7 Å². The Morgan fingerprint density at radius 2 is 2.05 bits per heavy atom. The molecule has 4 heteroatoms. The van der Waals surface area contributed by atoms with Gasteiger partial charge in [0.2, 0.25) is 0 Å². The molecule has 0 aliphatic carbocycles. The number of aryl methyl sites for hydroxylation is 1. The Labute approximate surface area is 112 Å². The first kappa shape index (κ1) is 12.3. The van der Waals surface area contributed by atoms with E-state index in [-0.39, 0.29) is 18.9 Å². The molecular formula is C15H17NO3. The molecule has 3 rings (SSSR count). The smallest absolute Gasteiger partial charge is 0.189 e. The quantitative estimate of drug-likeness (QED) is 0.919. The second-order valence-corrected chi connectivity index (χ2v) is 4.80. The maximum Gasteiger partial charge on any atom is 0.189 e. The minimum Gasteiger partial charge on any atom is -0.465 e. The van der Waals surface area contributed by atoms with Crippen LogP contribution in [0.1, 0.15) is 17.6 Å². The zero-order valence-electron chi connectivity index (χ0n) is 10.8. The maximum atomic E-state index is 9.31. The minimum atomic E-state index is -0.269. The fraction of sp³-hybridized carbons (Fsp3) is 0.333. The van der Waals surface area contributed by atoms with Crippen LogP contribution in [0.4, 0.5) is 5.69 Å². The molecule has 1 N–H and O–H groups in total. The number of aliphatic hydroxyl groups excluding tert-OH is 1. The summed E-state index contributed by atoms with van der Waals surface area (Å²) in [4.78, 5) is 2.11. The number of benzene rings is 1. The van der Waals surface area contributed by atoms with Gasteiger partial charge in [0.25, 0.3) is 0 Å². The molecule has 19 heavy (non-hydrogen) atoms. The fourth-order valence-corrected chi connectivity index (χ4v) is 2.34. The zero-order valence-corrected chi connectivity index (χ0v) is 10.8. The van der Waals surface area contributed by atoms with Crippen LogP contribution in [-0.2, 0) is 4.74 Å². The summed E-state index contributed by atoms with van der Waals surface area (Å²) in [7, 11) is 0. The van der Waals surface area contributed by atoms with Crippen LogP contribution in [0.5, 0.6) is 0 Å². The third-order valence-electron chi connectivity index (χ3n) is 3.36. The summed E-state index contributed by atoms with van der Waals surface area (Å²) in [5.41, 5.74) is 2.29. The lowest BCUT2D eigenvalue weighted by Crippen LogP contribution is -2.24. The monoisotopic (exact) mass is 259 g/mol. The van der Waals surface area contributed by atoms with E-state index >= 15 is 0 Å². The van der Waals surface area contributed by atoms with Gasteiger partial charge in [-0.25, -0.2) is 0 Å². The minimum absolute atomic E-state index is 0.0135. The number of aliphatic hydroxyl groups is 1. The molecule has 0 saturated carbocycles. The highest BCUT2D eigenvalue weighted by Crippen LogP contribution is 2.34. The molecule has 1 fully saturated rings. The Hall–Kier alpha value is -1.78. The van der Waals surface area contributed by atoms with Crippen LogP contribution in [0.25, 0.3) is 0 Å². The van der Waals surface area contributed by atoms with Gasteiger partial charge in [-0.15, -0.1) is 0 Å². The van der Waals surface area contributed by atoms with Gasteiger partial charge in [0, 0.05) is 12.2 Å². The van der Waals surface area contributed by atoms with E-state index in [1.807, 2.05) is 12.1 Å². The lowest BCUT2D eigenvalue weighted by atomic mass is 10.2. The average molecular weight is 259 g/mol. The zero-order chi connectivity index (χ0) is 13.2. The molecule has 4 nitrogen and oxygen atoms in total. The summed E-state index contributed by atoms with van der Waals surface area (Å²) in [5, 5.41) is 9.31. The van der Waals surface area contributed by atoms with Crippen molar-refractivity contribution in [3.63, 3.8) is 0 Å². The van der Waals surface area contributed by atoms with Crippen molar-refractivity contribution in [3.8, 4) is 0 Å². The second-order valence-electron chi connectivity index (χ2n) is 4.80. The summed E-state index contributed by atoms with van der Waals surface area (Å²) in [6, 6.07) is 12.0. The molecule has 100 valence electrons. The van der Waals surface area contributed by atoms with Crippen LogP contribution in [0.2, 0.25) is 0 Å². The normalized spacial score (nSPS) is 22.9. The van der Waals surface area contributed by atoms with Crippen LogP contribution >= 0.6 is 0 Å². The molecule has 0 amide bonds. The van der Waals surface area contributed by atoms with Crippen LogP contribution in [-0.4, -0.2) is 24.4 Å². The van der Waals surface area contributed by atoms with E-state index in [1.165, 1.54) is 5.56 Å². The molecule has 2 heterocycles.